The van der Waals surface area contributed by atoms with Crippen molar-refractivity contribution in [3.8, 4) is 11.3 Å². The molecule has 0 saturated carbocycles. The number of nitro benzene ring substituents is 1. The van der Waals surface area contributed by atoms with Crippen LogP contribution in [0.3, 0.4) is 0 Å². The first-order chi connectivity index (χ1) is 19.6. The van der Waals surface area contributed by atoms with Crippen LogP contribution in [-0.4, -0.2) is 27.8 Å². The topological polar surface area (TPSA) is 117 Å². The molecule has 1 aliphatic rings. The van der Waals surface area contributed by atoms with Crippen LogP contribution >= 0.6 is 39.0 Å². The smallest absolute Gasteiger partial charge is 0.338 e. The first kappa shape index (κ1) is 28.8. The molecule has 0 bridgehead atoms. The molecule has 2 aromatic heterocycles. The minimum absolute atomic E-state index is 0.0434. The molecule has 41 heavy (non-hydrogen) atoms. The van der Waals surface area contributed by atoms with Crippen molar-refractivity contribution in [2.24, 2.45) is 4.99 Å². The molecule has 2 aromatic carbocycles. The van der Waals surface area contributed by atoms with Crippen molar-refractivity contribution in [1.29, 1.82) is 0 Å². The minimum Gasteiger partial charge on any atom is -0.459 e. The zero-order valence-electron chi connectivity index (χ0n) is 22.4. The van der Waals surface area contributed by atoms with E-state index < -0.39 is 16.9 Å². The Morgan fingerprint density at radius 3 is 2.59 bits per heavy atom. The van der Waals surface area contributed by atoms with E-state index in [2.05, 4.69) is 20.9 Å². The Balaban J connectivity index is 1.60. The zero-order chi connectivity index (χ0) is 29.4. The van der Waals surface area contributed by atoms with Gasteiger partial charge in [0.25, 0.3) is 11.2 Å². The third-order valence-corrected chi connectivity index (χ3v) is 8.73. The summed E-state index contributed by atoms with van der Waals surface area (Å²) in [5.41, 5.74) is 1.85. The number of carbonyl (C=O) groups excluding carboxylic acids is 1. The number of halogens is 1. The number of furan rings is 1. The molecular weight excluding hydrogens is 630 g/mol. The number of rotatable bonds is 7. The van der Waals surface area contributed by atoms with Crippen LogP contribution in [0.2, 0.25) is 0 Å². The molecule has 0 N–H and O–H groups in total. The van der Waals surface area contributed by atoms with Crippen LogP contribution < -0.4 is 14.9 Å². The van der Waals surface area contributed by atoms with E-state index in [-0.39, 0.29) is 17.4 Å². The third kappa shape index (κ3) is 5.72. The van der Waals surface area contributed by atoms with E-state index in [0.29, 0.717) is 42.2 Å². The maximum atomic E-state index is 13.8. The summed E-state index contributed by atoms with van der Waals surface area (Å²) in [7, 11) is 0. The largest absolute Gasteiger partial charge is 0.459 e. The Morgan fingerprint density at radius 1 is 1.22 bits per heavy atom. The Bertz CT molecular complexity index is 1890. The molecule has 0 saturated heterocycles. The number of allylic oxidation sites excluding steroid dienone is 1. The number of hydrogen-bond donors (Lipinski definition) is 0. The average molecular weight is 655 g/mol. The van der Waals surface area contributed by atoms with E-state index >= 15 is 0 Å². The van der Waals surface area contributed by atoms with Gasteiger partial charge in [-0.15, -0.1) is 11.8 Å². The van der Waals surface area contributed by atoms with E-state index in [0.717, 1.165) is 10.5 Å². The lowest BCUT2D eigenvalue weighted by atomic mass is 9.96. The number of ether oxygens (including phenoxy) is 1. The fourth-order valence-corrected chi connectivity index (χ4v) is 6.48. The van der Waals surface area contributed by atoms with Gasteiger partial charge in [-0.3, -0.25) is 19.5 Å². The Kier molecular flexibility index (Phi) is 8.16. The molecule has 210 valence electrons. The molecule has 12 heteroatoms. The number of carbonyl (C=O) groups is 1. The lowest BCUT2D eigenvalue weighted by molar-refractivity contribution is -0.384. The fraction of sp³-hybridized carbons (Fsp3) is 0.207. The van der Waals surface area contributed by atoms with Crippen molar-refractivity contribution in [3.05, 3.63) is 111 Å². The van der Waals surface area contributed by atoms with Crippen LogP contribution in [0.5, 0.6) is 0 Å². The molecule has 0 spiro atoms. The van der Waals surface area contributed by atoms with Crippen molar-refractivity contribution in [3.63, 3.8) is 0 Å². The highest BCUT2D eigenvalue weighted by Crippen LogP contribution is 2.34. The van der Waals surface area contributed by atoms with E-state index in [4.69, 9.17) is 9.15 Å². The number of aromatic nitrogens is 1. The molecule has 0 radical (unpaired) electrons. The average Bonchev–Trinajstić information content (AvgIpc) is 3.51. The van der Waals surface area contributed by atoms with Crippen LogP contribution in [0.15, 0.2) is 89.4 Å². The second kappa shape index (κ2) is 11.6. The number of non-ortho nitro benzene ring substituents is 1. The van der Waals surface area contributed by atoms with Gasteiger partial charge in [-0.25, -0.2) is 9.79 Å². The van der Waals surface area contributed by atoms with Gasteiger partial charge in [0.15, 0.2) is 4.80 Å². The second-order valence-electron chi connectivity index (χ2n) is 9.43. The number of fused-ring (bicyclic) bond motifs is 1. The van der Waals surface area contributed by atoms with E-state index in [1.807, 2.05) is 30.5 Å². The number of esters is 1. The highest BCUT2D eigenvalue weighted by molar-refractivity contribution is 9.10. The van der Waals surface area contributed by atoms with Gasteiger partial charge in [0.1, 0.15) is 11.5 Å². The summed E-state index contributed by atoms with van der Waals surface area (Å²) < 4.78 is 14.0. The number of thiazole rings is 1. The summed E-state index contributed by atoms with van der Waals surface area (Å²) in [6, 6.07) is 14.9. The first-order valence-electron chi connectivity index (χ1n) is 12.5. The van der Waals surface area contributed by atoms with Crippen molar-refractivity contribution in [2.75, 3.05) is 6.26 Å². The summed E-state index contributed by atoms with van der Waals surface area (Å²) in [5, 5.41) is 11.1. The van der Waals surface area contributed by atoms with E-state index in [1.54, 1.807) is 56.8 Å². The Morgan fingerprint density at radius 2 is 1.95 bits per heavy atom. The summed E-state index contributed by atoms with van der Waals surface area (Å²) in [6.45, 7) is 5.30. The van der Waals surface area contributed by atoms with E-state index in [1.165, 1.54) is 28.0 Å². The van der Waals surface area contributed by atoms with Gasteiger partial charge in [-0.1, -0.05) is 23.5 Å². The van der Waals surface area contributed by atoms with E-state index in [9.17, 15) is 19.7 Å². The molecule has 0 aliphatic carbocycles. The summed E-state index contributed by atoms with van der Waals surface area (Å²) in [4.78, 5) is 43.8. The highest BCUT2D eigenvalue weighted by Gasteiger charge is 2.33. The number of nitrogens with zero attached hydrogens (tertiary/aromatic N) is 3. The van der Waals surface area contributed by atoms with Crippen molar-refractivity contribution < 1.29 is 18.9 Å². The molecule has 0 amide bonds. The van der Waals surface area contributed by atoms with Gasteiger partial charge < -0.3 is 9.15 Å². The fourth-order valence-electron chi connectivity index (χ4n) is 4.48. The molecule has 0 fully saturated rings. The molecule has 0 unspecified atom stereocenters. The molecule has 1 atom stereocenters. The monoisotopic (exact) mass is 653 g/mol. The van der Waals surface area contributed by atoms with Crippen LogP contribution in [0.25, 0.3) is 17.4 Å². The van der Waals surface area contributed by atoms with Crippen molar-refractivity contribution in [2.45, 2.75) is 37.8 Å². The standard InChI is InChI=1S/C29H24BrN3O6S2/c1-15(2)38-28(35)25-16(3)31-29-32(26(25)17-5-9-20(40-4)10-6-17)27(34)24(41-29)14-19-8-12-23(39-19)21-11-7-18(33(36)37)13-22(21)30/h5-15,26H,1-4H3/b24-14-/t26-/m1/s1. The molecule has 1 aliphatic heterocycles. The van der Waals surface area contributed by atoms with Gasteiger partial charge in [0, 0.05) is 33.1 Å². The maximum absolute atomic E-state index is 13.8. The van der Waals surface area contributed by atoms with Crippen molar-refractivity contribution >= 4 is 56.8 Å². The number of hydrogen-bond acceptors (Lipinski definition) is 9. The van der Waals surface area contributed by atoms with Gasteiger partial charge >= 0.3 is 5.97 Å². The molecule has 5 rings (SSSR count). The Hall–Kier alpha value is -3.74. The Labute approximate surface area is 251 Å². The lowest BCUT2D eigenvalue weighted by Crippen LogP contribution is -2.40. The second-order valence-corrected chi connectivity index (χ2v) is 12.2. The van der Waals surface area contributed by atoms with Crippen LogP contribution in [0.4, 0.5) is 5.69 Å². The molecular formula is C29H24BrN3O6S2. The van der Waals surface area contributed by atoms with Crippen LogP contribution in [0.1, 0.15) is 38.1 Å². The van der Waals surface area contributed by atoms with Crippen LogP contribution in [-0.2, 0) is 9.53 Å². The SMILES string of the molecule is CSc1ccc([C@@H]2C(C(=O)OC(C)C)=C(C)N=c3s/c(=C\c4ccc(-c5ccc([N+](=O)[O-])cc5Br)o4)c(=O)n32)cc1. The van der Waals surface area contributed by atoms with Gasteiger partial charge in [0.05, 0.1) is 32.9 Å². The molecule has 3 heterocycles. The van der Waals surface area contributed by atoms with Gasteiger partial charge in [0.2, 0.25) is 0 Å². The summed E-state index contributed by atoms with van der Waals surface area (Å²) in [6.07, 6.45) is 3.27. The first-order valence-corrected chi connectivity index (χ1v) is 15.3. The van der Waals surface area contributed by atoms with Gasteiger partial charge in [-0.2, -0.15) is 0 Å². The third-order valence-electron chi connectivity index (χ3n) is 6.34. The molecule has 4 aromatic rings. The molecule has 9 nitrogen and oxygen atoms in total. The number of thioether (sulfide) groups is 1. The maximum Gasteiger partial charge on any atom is 0.338 e. The lowest BCUT2D eigenvalue weighted by Gasteiger charge is -2.25. The number of benzene rings is 2. The predicted octanol–water partition coefficient (Wildman–Crippen LogP) is 5.84. The zero-order valence-corrected chi connectivity index (χ0v) is 25.6. The van der Waals surface area contributed by atoms with Gasteiger partial charge in [-0.05, 0) is 78.9 Å². The normalized spacial score (nSPS) is 15.2. The summed E-state index contributed by atoms with van der Waals surface area (Å²) >= 11 is 6.17. The van der Waals surface area contributed by atoms with Crippen molar-refractivity contribution in [1.82, 2.24) is 4.57 Å². The number of nitro groups is 1. The minimum atomic E-state index is -0.709. The highest BCUT2D eigenvalue weighted by atomic mass is 79.9. The summed E-state index contributed by atoms with van der Waals surface area (Å²) in [5.74, 6) is 0.387. The van der Waals surface area contributed by atoms with Crippen LogP contribution in [0, 0.1) is 10.1 Å². The quantitative estimate of drug-likeness (QED) is 0.106. The predicted molar refractivity (Wildman–Crippen MR) is 162 cm³/mol.